The molecule has 2 heterocycles. The summed E-state index contributed by atoms with van der Waals surface area (Å²) in [6, 6.07) is 6.62. The van der Waals surface area contributed by atoms with Crippen LogP contribution < -0.4 is 10.1 Å². The van der Waals surface area contributed by atoms with Crippen molar-refractivity contribution in [3.05, 3.63) is 42.4 Å². The minimum atomic E-state index is -1.06. The second-order valence-corrected chi connectivity index (χ2v) is 3.45. The first-order valence-electron chi connectivity index (χ1n) is 5.15. The average molecular weight is 245 g/mol. The average Bonchev–Trinajstić information content (AvgIpc) is 2.40. The summed E-state index contributed by atoms with van der Waals surface area (Å²) in [5, 5.41) is 11.9. The lowest BCUT2D eigenvalue weighted by atomic mass is 10.3. The summed E-state index contributed by atoms with van der Waals surface area (Å²) in [6.07, 6.45) is 3.03. The van der Waals surface area contributed by atoms with Crippen LogP contribution in [0.25, 0.3) is 0 Å². The Kier molecular flexibility index (Phi) is 3.38. The third-order valence-electron chi connectivity index (χ3n) is 2.21. The number of methoxy groups -OCH3 is 1. The lowest BCUT2D eigenvalue weighted by Crippen LogP contribution is -2.01. The van der Waals surface area contributed by atoms with Crippen molar-refractivity contribution in [2.45, 2.75) is 0 Å². The van der Waals surface area contributed by atoms with Crippen molar-refractivity contribution in [1.82, 2.24) is 9.97 Å². The molecular weight excluding hydrogens is 234 g/mol. The molecule has 0 atom stereocenters. The van der Waals surface area contributed by atoms with Crippen LogP contribution in [0.1, 0.15) is 10.5 Å². The van der Waals surface area contributed by atoms with Gasteiger partial charge in [0.25, 0.3) is 0 Å². The summed E-state index contributed by atoms with van der Waals surface area (Å²) in [5.41, 5.74) is 1.36. The van der Waals surface area contributed by atoms with E-state index < -0.39 is 5.97 Å². The summed E-state index contributed by atoms with van der Waals surface area (Å²) < 4.78 is 4.94. The number of anilines is 2. The predicted octanol–water partition coefficient (Wildman–Crippen LogP) is 1.93. The van der Waals surface area contributed by atoms with Crippen molar-refractivity contribution >= 4 is 17.3 Å². The Labute approximate surface area is 103 Å². The molecule has 2 aromatic heterocycles. The first kappa shape index (κ1) is 11.8. The maximum atomic E-state index is 10.8. The molecule has 92 valence electrons. The zero-order valence-corrected chi connectivity index (χ0v) is 9.62. The van der Waals surface area contributed by atoms with E-state index in [4.69, 9.17) is 9.84 Å². The van der Waals surface area contributed by atoms with Gasteiger partial charge in [-0.1, -0.05) is 0 Å². The summed E-state index contributed by atoms with van der Waals surface area (Å²) in [7, 11) is 1.54. The largest absolute Gasteiger partial charge is 0.481 e. The van der Waals surface area contributed by atoms with Gasteiger partial charge in [-0.3, -0.25) is 0 Å². The van der Waals surface area contributed by atoms with E-state index in [1.54, 1.807) is 24.4 Å². The van der Waals surface area contributed by atoms with Crippen molar-refractivity contribution in [3.8, 4) is 5.88 Å². The number of pyridine rings is 2. The van der Waals surface area contributed by atoms with Crippen LogP contribution in [0.2, 0.25) is 0 Å². The first-order chi connectivity index (χ1) is 8.69. The SMILES string of the molecule is COc1ccc(Nc2ccnc(C(=O)O)c2)cn1. The van der Waals surface area contributed by atoms with Crippen LogP contribution in [0.5, 0.6) is 5.88 Å². The second-order valence-electron chi connectivity index (χ2n) is 3.45. The van der Waals surface area contributed by atoms with Crippen molar-refractivity contribution in [2.75, 3.05) is 12.4 Å². The number of aromatic carboxylic acids is 1. The molecule has 18 heavy (non-hydrogen) atoms. The molecule has 0 fully saturated rings. The molecular formula is C12H11N3O3. The van der Waals surface area contributed by atoms with E-state index in [2.05, 4.69) is 15.3 Å². The molecule has 0 aliphatic rings. The van der Waals surface area contributed by atoms with Crippen molar-refractivity contribution < 1.29 is 14.6 Å². The van der Waals surface area contributed by atoms with Crippen molar-refractivity contribution in [1.29, 1.82) is 0 Å². The molecule has 0 aliphatic heterocycles. The van der Waals surface area contributed by atoms with Gasteiger partial charge in [0.15, 0.2) is 0 Å². The predicted molar refractivity (Wildman–Crippen MR) is 65.3 cm³/mol. The van der Waals surface area contributed by atoms with Gasteiger partial charge in [0.1, 0.15) is 5.69 Å². The van der Waals surface area contributed by atoms with E-state index in [1.807, 2.05) is 0 Å². The number of rotatable bonds is 4. The number of aromatic nitrogens is 2. The number of carbonyl (C=O) groups is 1. The Morgan fingerprint density at radius 1 is 1.28 bits per heavy atom. The van der Waals surface area contributed by atoms with Crippen LogP contribution in [0, 0.1) is 0 Å². The molecule has 2 aromatic rings. The van der Waals surface area contributed by atoms with Crippen molar-refractivity contribution in [3.63, 3.8) is 0 Å². The molecule has 0 radical (unpaired) electrons. The summed E-state index contributed by atoms with van der Waals surface area (Å²) in [4.78, 5) is 18.5. The third kappa shape index (κ3) is 2.73. The standard InChI is InChI=1S/C12H11N3O3/c1-18-11-3-2-9(7-14-11)15-8-4-5-13-10(6-8)12(16)17/h2-7H,1H3,(H,13,15)(H,16,17). The highest BCUT2D eigenvalue weighted by molar-refractivity contribution is 5.86. The van der Waals surface area contributed by atoms with E-state index in [0.29, 0.717) is 11.6 Å². The molecule has 0 amide bonds. The minimum absolute atomic E-state index is 0.0125. The highest BCUT2D eigenvalue weighted by atomic mass is 16.5. The maximum absolute atomic E-state index is 10.8. The maximum Gasteiger partial charge on any atom is 0.354 e. The monoisotopic (exact) mass is 245 g/mol. The molecule has 6 heteroatoms. The van der Waals surface area contributed by atoms with E-state index in [9.17, 15) is 4.79 Å². The van der Waals surface area contributed by atoms with Crippen LogP contribution in [0.4, 0.5) is 11.4 Å². The molecule has 0 saturated heterocycles. The molecule has 0 unspecified atom stereocenters. The van der Waals surface area contributed by atoms with E-state index in [-0.39, 0.29) is 5.69 Å². The van der Waals surface area contributed by atoms with Gasteiger partial charge in [0, 0.05) is 18.0 Å². The Hall–Kier alpha value is -2.63. The Balaban J connectivity index is 2.17. The molecule has 6 nitrogen and oxygen atoms in total. The smallest absolute Gasteiger partial charge is 0.354 e. The van der Waals surface area contributed by atoms with Crippen LogP contribution in [-0.4, -0.2) is 28.2 Å². The number of nitrogens with one attached hydrogen (secondary N) is 1. The molecule has 0 saturated carbocycles. The van der Waals surface area contributed by atoms with Gasteiger partial charge >= 0.3 is 5.97 Å². The van der Waals surface area contributed by atoms with Gasteiger partial charge in [0.05, 0.1) is 19.0 Å². The highest BCUT2D eigenvalue weighted by Crippen LogP contribution is 2.17. The highest BCUT2D eigenvalue weighted by Gasteiger charge is 2.05. The van der Waals surface area contributed by atoms with Gasteiger partial charge in [-0.15, -0.1) is 0 Å². The number of carboxylic acids is 1. The molecule has 0 aromatic carbocycles. The fourth-order valence-corrected chi connectivity index (χ4v) is 1.37. The number of nitrogens with zero attached hydrogens (tertiary/aromatic N) is 2. The fraction of sp³-hybridized carbons (Fsp3) is 0.0833. The van der Waals surface area contributed by atoms with Crippen LogP contribution >= 0.6 is 0 Å². The minimum Gasteiger partial charge on any atom is -0.481 e. The third-order valence-corrected chi connectivity index (χ3v) is 2.21. The van der Waals surface area contributed by atoms with Gasteiger partial charge in [-0.25, -0.2) is 14.8 Å². The molecule has 2 rings (SSSR count). The second kappa shape index (κ2) is 5.13. The Morgan fingerprint density at radius 2 is 2.11 bits per heavy atom. The number of ether oxygens (including phenoxy) is 1. The quantitative estimate of drug-likeness (QED) is 0.856. The number of hydrogen-bond acceptors (Lipinski definition) is 5. The van der Waals surface area contributed by atoms with Gasteiger partial charge < -0.3 is 15.2 Å². The fourth-order valence-electron chi connectivity index (χ4n) is 1.37. The summed E-state index contributed by atoms with van der Waals surface area (Å²) >= 11 is 0. The number of hydrogen-bond donors (Lipinski definition) is 2. The Morgan fingerprint density at radius 3 is 2.72 bits per heavy atom. The van der Waals surface area contributed by atoms with E-state index in [0.717, 1.165) is 5.69 Å². The molecule has 0 bridgehead atoms. The van der Waals surface area contributed by atoms with Crippen LogP contribution in [-0.2, 0) is 0 Å². The number of carboxylic acid groups (broad SMARTS) is 1. The molecule has 0 spiro atoms. The summed E-state index contributed by atoms with van der Waals surface area (Å²) in [6.45, 7) is 0. The first-order valence-corrected chi connectivity index (χ1v) is 5.15. The van der Waals surface area contributed by atoms with E-state index in [1.165, 1.54) is 19.4 Å². The normalized spacial score (nSPS) is 9.83. The Bertz CT molecular complexity index is 555. The van der Waals surface area contributed by atoms with E-state index >= 15 is 0 Å². The summed E-state index contributed by atoms with van der Waals surface area (Å²) in [5.74, 6) is -0.548. The van der Waals surface area contributed by atoms with Crippen LogP contribution in [0.3, 0.4) is 0 Å². The zero-order chi connectivity index (χ0) is 13.0. The zero-order valence-electron chi connectivity index (χ0n) is 9.62. The van der Waals surface area contributed by atoms with Gasteiger partial charge in [0.2, 0.25) is 5.88 Å². The van der Waals surface area contributed by atoms with Crippen molar-refractivity contribution in [2.24, 2.45) is 0 Å². The van der Waals surface area contributed by atoms with Gasteiger partial charge in [-0.2, -0.15) is 0 Å². The lowest BCUT2D eigenvalue weighted by molar-refractivity contribution is 0.0690. The molecule has 2 N–H and O–H groups in total. The topological polar surface area (TPSA) is 84.3 Å². The van der Waals surface area contributed by atoms with Crippen LogP contribution in [0.15, 0.2) is 36.7 Å². The molecule has 0 aliphatic carbocycles. The lowest BCUT2D eigenvalue weighted by Gasteiger charge is -2.06. The van der Waals surface area contributed by atoms with Gasteiger partial charge in [-0.05, 0) is 18.2 Å².